The highest BCUT2D eigenvalue weighted by Crippen LogP contribution is 2.20. The number of hydrogen-bond acceptors (Lipinski definition) is 2. The second-order valence-electron chi connectivity index (χ2n) is 5.92. The van der Waals surface area contributed by atoms with Crippen LogP contribution >= 0.6 is 0 Å². The van der Waals surface area contributed by atoms with Gasteiger partial charge >= 0.3 is 6.03 Å². The monoisotopic (exact) mass is 290 g/mol. The van der Waals surface area contributed by atoms with Crippen molar-refractivity contribution in [1.29, 1.82) is 0 Å². The Kier molecular flexibility index (Phi) is 6.05. The van der Waals surface area contributed by atoms with Gasteiger partial charge in [0.25, 0.3) is 0 Å². The number of urea groups is 1. The average Bonchev–Trinajstić information content (AvgIpc) is 2.95. The van der Waals surface area contributed by atoms with Gasteiger partial charge in [0.15, 0.2) is 0 Å². The highest BCUT2D eigenvalue weighted by molar-refractivity contribution is 5.74. The number of methoxy groups -OCH3 is 1. The molecule has 2 atom stereocenters. The van der Waals surface area contributed by atoms with E-state index in [1.807, 2.05) is 17.9 Å². The number of likely N-dealkylation sites (tertiary alicyclic amines) is 1. The van der Waals surface area contributed by atoms with Crippen LogP contribution in [-0.2, 0) is 11.2 Å². The van der Waals surface area contributed by atoms with Crippen molar-refractivity contribution in [3.05, 3.63) is 35.9 Å². The summed E-state index contributed by atoms with van der Waals surface area (Å²) < 4.78 is 5.04. The third-order valence-electron chi connectivity index (χ3n) is 4.07. The first-order chi connectivity index (χ1) is 10.2. The molecule has 0 unspecified atom stereocenters. The number of ether oxygens (including phenoxy) is 1. The lowest BCUT2D eigenvalue weighted by Gasteiger charge is -2.21. The van der Waals surface area contributed by atoms with E-state index in [4.69, 9.17) is 4.74 Å². The largest absolute Gasteiger partial charge is 0.385 e. The van der Waals surface area contributed by atoms with Gasteiger partial charge in [-0.3, -0.25) is 0 Å². The molecule has 1 aromatic rings. The molecule has 1 fully saturated rings. The molecule has 0 radical (unpaired) electrons. The lowest BCUT2D eigenvalue weighted by molar-refractivity contribution is 0.177. The van der Waals surface area contributed by atoms with Gasteiger partial charge < -0.3 is 15.0 Å². The summed E-state index contributed by atoms with van der Waals surface area (Å²) >= 11 is 0. The number of amides is 2. The van der Waals surface area contributed by atoms with Gasteiger partial charge in [-0.1, -0.05) is 30.3 Å². The summed E-state index contributed by atoms with van der Waals surface area (Å²) in [6, 6.07) is 10.7. The molecule has 116 valence electrons. The van der Waals surface area contributed by atoms with Crippen LogP contribution in [0.25, 0.3) is 0 Å². The maximum absolute atomic E-state index is 12.2. The van der Waals surface area contributed by atoms with Gasteiger partial charge in [0, 0.05) is 32.8 Å². The van der Waals surface area contributed by atoms with Crippen molar-refractivity contribution in [3.63, 3.8) is 0 Å². The molecule has 2 rings (SSSR count). The second-order valence-corrected chi connectivity index (χ2v) is 5.92. The SMILES string of the molecule is COCC[C@@H](C)NC(=O)N1CC[C@@H](Cc2ccccc2)C1. The smallest absolute Gasteiger partial charge is 0.317 e. The molecular weight excluding hydrogens is 264 g/mol. The summed E-state index contributed by atoms with van der Waals surface area (Å²) in [6.07, 6.45) is 3.00. The molecule has 0 bridgehead atoms. The van der Waals surface area contributed by atoms with E-state index < -0.39 is 0 Å². The molecule has 0 saturated carbocycles. The fourth-order valence-corrected chi connectivity index (χ4v) is 2.80. The van der Waals surface area contributed by atoms with Crippen molar-refractivity contribution >= 4 is 6.03 Å². The lowest BCUT2D eigenvalue weighted by atomic mass is 9.99. The molecule has 0 spiro atoms. The maximum Gasteiger partial charge on any atom is 0.317 e. The van der Waals surface area contributed by atoms with E-state index in [9.17, 15) is 4.79 Å². The Labute approximate surface area is 127 Å². The molecular formula is C17H26N2O2. The van der Waals surface area contributed by atoms with Gasteiger partial charge in [0.2, 0.25) is 0 Å². The number of nitrogens with zero attached hydrogens (tertiary/aromatic N) is 1. The van der Waals surface area contributed by atoms with Crippen LogP contribution in [0.15, 0.2) is 30.3 Å². The Balaban J connectivity index is 1.75. The molecule has 1 aliphatic rings. The number of carbonyl (C=O) groups excluding carboxylic acids is 1. The number of nitrogens with one attached hydrogen (secondary N) is 1. The van der Waals surface area contributed by atoms with Gasteiger partial charge in [0.05, 0.1) is 0 Å². The van der Waals surface area contributed by atoms with Crippen molar-refractivity contribution in [2.24, 2.45) is 5.92 Å². The number of rotatable bonds is 6. The minimum atomic E-state index is 0.0640. The summed E-state index contributed by atoms with van der Waals surface area (Å²) in [5, 5.41) is 3.05. The van der Waals surface area contributed by atoms with Crippen LogP contribution in [0.1, 0.15) is 25.3 Å². The van der Waals surface area contributed by atoms with Gasteiger partial charge in [-0.15, -0.1) is 0 Å². The first-order valence-corrected chi connectivity index (χ1v) is 7.77. The van der Waals surface area contributed by atoms with E-state index in [-0.39, 0.29) is 12.1 Å². The van der Waals surface area contributed by atoms with Crippen molar-refractivity contribution in [2.45, 2.75) is 32.2 Å². The molecule has 21 heavy (non-hydrogen) atoms. The Morgan fingerprint density at radius 1 is 1.43 bits per heavy atom. The lowest BCUT2D eigenvalue weighted by Crippen LogP contribution is -2.43. The number of benzene rings is 1. The highest BCUT2D eigenvalue weighted by atomic mass is 16.5. The van der Waals surface area contributed by atoms with Gasteiger partial charge in [-0.2, -0.15) is 0 Å². The Morgan fingerprint density at radius 2 is 2.19 bits per heavy atom. The normalized spacial score (nSPS) is 19.5. The second kappa shape index (κ2) is 8.03. The van der Waals surface area contributed by atoms with Crippen LogP contribution in [0.2, 0.25) is 0 Å². The zero-order valence-electron chi connectivity index (χ0n) is 13.0. The molecule has 2 amide bonds. The van der Waals surface area contributed by atoms with Gasteiger partial charge in [0.1, 0.15) is 0 Å². The molecule has 1 aliphatic heterocycles. The number of carbonyl (C=O) groups is 1. The van der Waals surface area contributed by atoms with Crippen molar-refractivity contribution in [3.8, 4) is 0 Å². The van der Waals surface area contributed by atoms with Crippen LogP contribution in [0, 0.1) is 5.92 Å². The molecule has 1 saturated heterocycles. The Morgan fingerprint density at radius 3 is 2.90 bits per heavy atom. The summed E-state index contributed by atoms with van der Waals surface area (Å²) in [5.41, 5.74) is 1.36. The topological polar surface area (TPSA) is 41.6 Å². The number of hydrogen-bond donors (Lipinski definition) is 1. The third-order valence-corrected chi connectivity index (χ3v) is 4.07. The molecule has 1 N–H and O–H groups in total. The predicted octanol–water partition coefficient (Wildman–Crippen LogP) is 2.69. The van der Waals surface area contributed by atoms with Crippen molar-refractivity contribution in [1.82, 2.24) is 10.2 Å². The standard InChI is InChI=1S/C17H26N2O2/c1-14(9-11-21-2)18-17(20)19-10-8-16(13-19)12-15-6-4-3-5-7-15/h3-7,14,16H,8-13H2,1-2H3,(H,18,20)/t14-,16+/m1/s1. The summed E-state index contributed by atoms with van der Waals surface area (Å²) in [7, 11) is 1.68. The fourth-order valence-electron chi connectivity index (χ4n) is 2.80. The van der Waals surface area contributed by atoms with E-state index in [1.54, 1.807) is 7.11 Å². The van der Waals surface area contributed by atoms with E-state index in [1.165, 1.54) is 5.56 Å². The van der Waals surface area contributed by atoms with E-state index in [0.29, 0.717) is 12.5 Å². The van der Waals surface area contributed by atoms with Crippen LogP contribution in [0.5, 0.6) is 0 Å². The summed E-state index contributed by atoms with van der Waals surface area (Å²) in [6.45, 7) is 4.42. The molecule has 0 aromatic heterocycles. The molecule has 4 heteroatoms. The van der Waals surface area contributed by atoms with E-state index in [0.717, 1.165) is 32.4 Å². The molecule has 1 aromatic carbocycles. The minimum Gasteiger partial charge on any atom is -0.385 e. The molecule has 0 aliphatic carbocycles. The van der Waals surface area contributed by atoms with E-state index in [2.05, 4.69) is 29.6 Å². The van der Waals surface area contributed by atoms with Crippen LogP contribution in [-0.4, -0.2) is 43.8 Å². The average molecular weight is 290 g/mol. The summed E-state index contributed by atoms with van der Waals surface area (Å²) in [4.78, 5) is 14.1. The van der Waals surface area contributed by atoms with Crippen molar-refractivity contribution in [2.75, 3.05) is 26.8 Å². The quantitative estimate of drug-likeness (QED) is 0.875. The van der Waals surface area contributed by atoms with Crippen LogP contribution < -0.4 is 5.32 Å². The van der Waals surface area contributed by atoms with Crippen molar-refractivity contribution < 1.29 is 9.53 Å². The first-order valence-electron chi connectivity index (χ1n) is 7.77. The first kappa shape index (κ1) is 15.8. The predicted molar refractivity (Wildman–Crippen MR) is 84.3 cm³/mol. The zero-order chi connectivity index (χ0) is 15.1. The zero-order valence-corrected chi connectivity index (χ0v) is 13.0. The van der Waals surface area contributed by atoms with Crippen LogP contribution in [0.4, 0.5) is 4.79 Å². The summed E-state index contributed by atoms with van der Waals surface area (Å²) in [5.74, 6) is 0.576. The van der Waals surface area contributed by atoms with Gasteiger partial charge in [-0.25, -0.2) is 4.79 Å². The molecule has 4 nitrogen and oxygen atoms in total. The Bertz CT molecular complexity index is 436. The highest BCUT2D eigenvalue weighted by Gasteiger charge is 2.26. The Hall–Kier alpha value is -1.55. The van der Waals surface area contributed by atoms with Gasteiger partial charge in [-0.05, 0) is 37.7 Å². The third kappa shape index (κ3) is 5.05. The van der Waals surface area contributed by atoms with Crippen LogP contribution in [0.3, 0.4) is 0 Å². The maximum atomic E-state index is 12.2. The minimum absolute atomic E-state index is 0.0640. The molecule has 1 heterocycles. The van der Waals surface area contributed by atoms with E-state index >= 15 is 0 Å². The fraction of sp³-hybridized carbons (Fsp3) is 0.588.